The molecule has 1 N–H and O–H groups in total. The molecule has 2 rings (SSSR count). The summed E-state index contributed by atoms with van der Waals surface area (Å²) >= 11 is 12.4. The third kappa shape index (κ3) is 3.81. The van der Waals surface area contributed by atoms with Crippen molar-refractivity contribution < 1.29 is 4.79 Å². The highest BCUT2D eigenvalue weighted by atomic mass is 79.9. The molecule has 98 valence electrons. The summed E-state index contributed by atoms with van der Waals surface area (Å²) in [7, 11) is 0. The van der Waals surface area contributed by atoms with E-state index in [2.05, 4.69) is 37.2 Å². The molecule has 2 aromatic carbocycles. The van der Waals surface area contributed by atoms with E-state index in [0.29, 0.717) is 11.4 Å². The number of alkyl halides is 1. The minimum Gasteiger partial charge on any atom is -0.322 e. The average molecular weight is 404 g/mol. The quantitative estimate of drug-likeness (QED) is 0.701. The fourth-order valence-corrected chi connectivity index (χ4v) is 2.95. The van der Waals surface area contributed by atoms with Gasteiger partial charge in [0, 0.05) is 20.5 Å². The molecule has 1 amide bonds. The Morgan fingerprint density at radius 1 is 1.11 bits per heavy atom. The number of amides is 1. The Kier molecular flexibility index (Phi) is 5.02. The molecule has 0 aliphatic rings. The van der Waals surface area contributed by atoms with Gasteiger partial charge in [-0.2, -0.15) is 0 Å². The van der Waals surface area contributed by atoms with Crippen LogP contribution in [-0.2, 0) is 5.88 Å². The Labute approximate surface area is 133 Å². The molecule has 0 unspecified atom stereocenters. The minimum atomic E-state index is -0.155. The van der Waals surface area contributed by atoms with Crippen LogP contribution >= 0.6 is 43.5 Å². The molecule has 2 aromatic rings. The molecule has 0 heterocycles. The van der Waals surface area contributed by atoms with Crippen molar-refractivity contribution in [2.24, 2.45) is 0 Å². The summed E-state index contributed by atoms with van der Waals surface area (Å²) in [4.78, 5) is 12.1. The van der Waals surface area contributed by atoms with Gasteiger partial charge < -0.3 is 5.32 Å². The molecule has 0 fully saturated rings. The van der Waals surface area contributed by atoms with Gasteiger partial charge in [0.15, 0.2) is 0 Å². The standard InChI is InChI=1S/C14H10Br2ClNO/c15-10-3-6-12(13(16)7-10)14(19)18-11-4-1-9(8-17)2-5-11/h1-7H,8H2,(H,18,19). The summed E-state index contributed by atoms with van der Waals surface area (Å²) in [6, 6.07) is 12.9. The third-order valence-electron chi connectivity index (χ3n) is 2.54. The van der Waals surface area contributed by atoms with E-state index in [9.17, 15) is 4.79 Å². The van der Waals surface area contributed by atoms with E-state index in [-0.39, 0.29) is 5.91 Å². The van der Waals surface area contributed by atoms with E-state index in [1.165, 1.54) is 0 Å². The first-order valence-electron chi connectivity index (χ1n) is 5.51. The van der Waals surface area contributed by atoms with E-state index in [1.807, 2.05) is 36.4 Å². The maximum absolute atomic E-state index is 12.1. The molecule has 2 nitrogen and oxygen atoms in total. The Hall–Kier alpha value is -0.840. The smallest absolute Gasteiger partial charge is 0.256 e. The van der Waals surface area contributed by atoms with E-state index in [1.54, 1.807) is 6.07 Å². The summed E-state index contributed by atoms with van der Waals surface area (Å²) in [6.07, 6.45) is 0. The SMILES string of the molecule is O=C(Nc1ccc(CCl)cc1)c1ccc(Br)cc1Br. The normalized spacial score (nSPS) is 10.3. The molecule has 0 saturated heterocycles. The highest BCUT2D eigenvalue weighted by Crippen LogP contribution is 2.23. The summed E-state index contributed by atoms with van der Waals surface area (Å²) in [5, 5.41) is 2.84. The highest BCUT2D eigenvalue weighted by molar-refractivity contribution is 9.11. The predicted octanol–water partition coefficient (Wildman–Crippen LogP) is 5.20. The van der Waals surface area contributed by atoms with Gasteiger partial charge in [0.1, 0.15) is 0 Å². The topological polar surface area (TPSA) is 29.1 Å². The van der Waals surface area contributed by atoms with Crippen LogP contribution in [0.3, 0.4) is 0 Å². The maximum atomic E-state index is 12.1. The van der Waals surface area contributed by atoms with Gasteiger partial charge in [-0.05, 0) is 51.8 Å². The van der Waals surface area contributed by atoms with Crippen molar-refractivity contribution in [3.63, 3.8) is 0 Å². The predicted molar refractivity (Wildman–Crippen MR) is 85.8 cm³/mol. The molecular formula is C14H10Br2ClNO. The second kappa shape index (κ2) is 6.55. The van der Waals surface area contributed by atoms with E-state index in [0.717, 1.165) is 20.2 Å². The highest BCUT2D eigenvalue weighted by Gasteiger charge is 2.10. The molecule has 19 heavy (non-hydrogen) atoms. The summed E-state index contributed by atoms with van der Waals surface area (Å²) in [5.74, 6) is 0.310. The molecule has 0 spiro atoms. The van der Waals surface area contributed by atoms with Gasteiger partial charge in [0.25, 0.3) is 5.91 Å². The van der Waals surface area contributed by atoms with Crippen molar-refractivity contribution in [2.75, 3.05) is 5.32 Å². The van der Waals surface area contributed by atoms with Crippen LogP contribution in [0.25, 0.3) is 0 Å². The summed E-state index contributed by atoms with van der Waals surface area (Å²) < 4.78 is 1.67. The zero-order valence-corrected chi connectivity index (χ0v) is 13.7. The number of nitrogens with one attached hydrogen (secondary N) is 1. The van der Waals surface area contributed by atoms with Crippen molar-refractivity contribution in [3.8, 4) is 0 Å². The lowest BCUT2D eigenvalue weighted by atomic mass is 10.2. The number of halogens is 3. The lowest BCUT2D eigenvalue weighted by Gasteiger charge is -2.07. The van der Waals surface area contributed by atoms with Gasteiger partial charge in [-0.3, -0.25) is 4.79 Å². The number of benzene rings is 2. The Balaban J connectivity index is 2.15. The van der Waals surface area contributed by atoms with Crippen LogP contribution < -0.4 is 5.32 Å². The van der Waals surface area contributed by atoms with Gasteiger partial charge >= 0.3 is 0 Å². The third-order valence-corrected chi connectivity index (χ3v) is 4.00. The lowest BCUT2D eigenvalue weighted by Crippen LogP contribution is -2.12. The van der Waals surface area contributed by atoms with Gasteiger partial charge in [-0.1, -0.05) is 28.1 Å². The van der Waals surface area contributed by atoms with E-state index in [4.69, 9.17) is 11.6 Å². The van der Waals surface area contributed by atoms with Crippen LogP contribution in [0.15, 0.2) is 51.4 Å². The Morgan fingerprint density at radius 3 is 2.37 bits per heavy atom. The van der Waals surface area contributed by atoms with Gasteiger partial charge in [0.05, 0.1) is 5.56 Å². The molecular weight excluding hydrogens is 393 g/mol. The summed E-state index contributed by atoms with van der Waals surface area (Å²) in [6.45, 7) is 0. The van der Waals surface area contributed by atoms with Crippen LogP contribution in [0.1, 0.15) is 15.9 Å². The van der Waals surface area contributed by atoms with Crippen LogP contribution in [0, 0.1) is 0 Å². The average Bonchev–Trinajstić information content (AvgIpc) is 2.39. The first-order chi connectivity index (χ1) is 9.10. The molecule has 0 bridgehead atoms. The lowest BCUT2D eigenvalue weighted by molar-refractivity contribution is 0.102. The fraction of sp³-hybridized carbons (Fsp3) is 0.0714. The van der Waals surface area contributed by atoms with Crippen LogP contribution in [0.5, 0.6) is 0 Å². The van der Waals surface area contributed by atoms with Crippen LogP contribution in [0.2, 0.25) is 0 Å². The molecule has 5 heteroatoms. The molecule has 0 saturated carbocycles. The monoisotopic (exact) mass is 401 g/mol. The largest absolute Gasteiger partial charge is 0.322 e. The number of carbonyl (C=O) groups is 1. The molecule has 0 radical (unpaired) electrons. The van der Waals surface area contributed by atoms with Crippen molar-refractivity contribution in [1.82, 2.24) is 0 Å². The van der Waals surface area contributed by atoms with Gasteiger partial charge in [-0.15, -0.1) is 11.6 Å². The molecule has 0 aliphatic carbocycles. The fourth-order valence-electron chi connectivity index (χ4n) is 1.55. The van der Waals surface area contributed by atoms with Crippen molar-refractivity contribution in [2.45, 2.75) is 5.88 Å². The minimum absolute atomic E-state index is 0.155. The second-order valence-corrected chi connectivity index (χ2v) is 5.95. The van der Waals surface area contributed by atoms with Crippen molar-refractivity contribution in [3.05, 3.63) is 62.5 Å². The van der Waals surface area contributed by atoms with Crippen molar-refractivity contribution in [1.29, 1.82) is 0 Å². The number of hydrogen-bond acceptors (Lipinski definition) is 1. The number of hydrogen-bond donors (Lipinski definition) is 1. The molecule has 0 aromatic heterocycles. The number of rotatable bonds is 3. The van der Waals surface area contributed by atoms with Gasteiger partial charge in [-0.25, -0.2) is 0 Å². The molecule has 0 aliphatic heterocycles. The van der Waals surface area contributed by atoms with Crippen LogP contribution in [0.4, 0.5) is 5.69 Å². The number of anilines is 1. The Bertz CT molecular complexity index is 599. The van der Waals surface area contributed by atoms with Gasteiger partial charge in [0.2, 0.25) is 0 Å². The second-order valence-electron chi connectivity index (χ2n) is 3.91. The first-order valence-corrected chi connectivity index (χ1v) is 7.63. The number of carbonyl (C=O) groups excluding carboxylic acids is 1. The first kappa shape index (κ1) is 14.6. The zero-order chi connectivity index (χ0) is 13.8. The van der Waals surface area contributed by atoms with E-state index >= 15 is 0 Å². The summed E-state index contributed by atoms with van der Waals surface area (Å²) in [5.41, 5.74) is 2.35. The van der Waals surface area contributed by atoms with E-state index < -0.39 is 0 Å². The Morgan fingerprint density at radius 2 is 1.79 bits per heavy atom. The van der Waals surface area contributed by atoms with Crippen molar-refractivity contribution >= 4 is 55.1 Å². The maximum Gasteiger partial charge on any atom is 0.256 e. The zero-order valence-electron chi connectivity index (χ0n) is 9.79. The molecule has 0 atom stereocenters. The van der Waals surface area contributed by atoms with Crippen LogP contribution in [-0.4, -0.2) is 5.91 Å².